The maximum atomic E-state index is 12.1. The van der Waals surface area contributed by atoms with Crippen molar-refractivity contribution < 1.29 is 19.5 Å². The van der Waals surface area contributed by atoms with Gasteiger partial charge in [0.25, 0.3) is 0 Å². The van der Waals surface area contributed by atoms with Crippen molar-refractivity contribution in [2.75, 3.05) is 46.3 Å². The Labute approximate surface area is 168 Å². The van der Waals surface area contributed by atoms with E-state index >= 15 is 0 Å². The molecule has 1 rings (SSSR count). The van der Waals surface area contributed by atoms with E-state index in [0.29, 0.717) is 25.9 Å². The molecule has 0 aliphatic carbocycles. The van der Waals surface area contributed by atoms with Crippen molar-refractivity contribution in [1.29, 1.82) is 0 Å². The van der Waals surface area contributed by atoms with Gasteiger partial charge in [-0.2, -0.15) is 0 Å². The molecular formula is C20H33N4O4-. The summed E-state index contributed by atoms with van der Waals surface area (Å²) < 4.78 is 0. The van der Waals surface area contributed by atoms with Gasteiger partial charge in [0.05, 0.1) is 19.6 Å². The average Bonchev–Trinajstić information content (AvgIpc) is 3.12. The molecule has 0 unspecified atom stereocenters. The van der Waals surface area contributed by atoms with Crippen LogP contribution in [0.1, 0.15) is 46.5 Å². The zero-order valence-corrected chi connectivity index (χ0v) is 17.5. The minimum absolute atomic E-state index is 0.0317. The zero-order valence-electron chi connectivity index (χ0n) is 17.5. The van der Waals surface area contributed by atoms with E-state index in [-0.39, 0.29) is 12.5 Å². The van der Waals surface area contributed by atoms with Crippen molar-refractivity contribution in [1.82, 2.24) is 20.0 Å². The quantitative estimate of drug-likeness (QED) is 0.458. The average molecular weight is 394 g/mol. The first kappa shape index (κ1) is 23.8. The van der Waals surface area contributed by atoms with Crippen LogP contribution >= 0.6 is 0 Å². The van der Waals surface area contributed by atoms with Gasteiger partial charge < -0.3 is 25.0 Å². The van der Waals surface area contributed by atoms with Gasteiger partial charge in [-0.05, 0) is 53.1 Å². The molecule has 0 saturated carbocycles. The largest absolute Gasteiger partial charge is 0.530 e. The minimum Gasteiger partial charge on any atom is -0.530 e. The SMILES string of the molecule is CN(CC#CCN1CCCC1)C(=O)CCCNC(=O)CN(C(=O)[O-])C(C)(C)C. The molecule has 0 aromatic rings. The minimum atomic E-state index is -1.38. The molecule has 0 aromatic heterocycles. The molecule has 1 aliphatic rings. The summed E-state index contributed by atoms with van der Waals surface area (Å²) in [5.74, 6) is 5.69. The summed E-state index contributed by atoms with van der Waals surface area (Å²) in [6, 6.07) is 0. The number of amides is 3. The Morgan fingerprint density at radius 2 is 1.79 bits per heavy atom. The highest BCUT2D eigenvalue weighted by Crippen LogP contribution is 2.11. The van der Waals surface area contributed by atoms with Crippen molar-refractivity contribution in [2.24, 2.45) is 0 Å². The van der Waals surface area contributed by atoms with Gasteiger partial charge in [-0.25, -0.2) is 0 Å². The van der Waals surface area contributed by atoms with Gasteiger partial charge in [-0.15, -0.1) is 0 Å². The third kappa shape index (κ3) is 9.09. The number of carbonyl (C=O) groups is 3. The van der Waals surface area contributed by atoms with Crippen molar-refractivity contribution in [3.05, 3.63) is 0 Å². The van der Waals surface area contributed by atoms with Gasteiger partial charge in [0.2, 0.25) is 11.8 Å². The van der Waals surface area contributed by atoms with Gasteiger partial charge in [0, 0.05) is 25.6 Å². The highest BCUT2D eigenvalue weighted by Gasteiger charge is 2.23. The normalized spacial score (nSPS) is 14.1. The molecule has 0 radical (unpaired) electrons. The van der Waals surface area contributed by atoms with Crippen LogP contribution in [0.4, 0.5) is 4.79 Å². The van der Waals surface area contributed by atoms with E-state index in [1.54, 1.807) is 32.7 Å². The lowest BCUT2D eigenvalue weighted by Crippen LogP contribution is -2.55. The Hall–Kier alpha value is -2.27. The van der Waals surface area contributed by atoms with Crippen molar-refractivity contribution >= 4 is 17.9 Å². The topological polar surface area (TPSA) is 96.0 Å². The maximum Gasteiger partial charge on any atom is 0.239 e. The summed E-state index contributed by atoms with van der Waals surface area (Å²) in [6.07, 6.45) is 1.87. The van der Waals surface area contributed by atoms with Crippen LogP contribution in [0.3, 0.4) is 0 Å². The Morgan fingerprint density at radius 1 is 1.14 bits per heavy atom. The number of hydrogen-bond acceptors (Lipinski definition) is 5. The van der Waals surface area contributed by atoms with Crippen molar-refractivity contribution in [2.45, 2.75) is 52.0 Å². The van der Waals surface area contributed by atoms with Crippen LogP contribution in [0, 0.1) is 11.8 Å². The maximum absolute atomic E-state index is 12.1. The summed E-state index contributed by atoms with van der Waals surface area (Å²) in [5, 5.41) is 13.8. The number of rotatable bonds is 8. The summed E-state index contributed by atoms with van der Waals surface area (Å²) in [5.41, 5.74) is -0.718. The van der Waals surface area contributed by atoms with Gasteiger partial charge in [-0.3, -0.25) is 14.5 Å². The van der Waals surface area contributed by atoms with Crippen LogP contribution < -0.4 is 10.4 Å². The van der Waals surface area contributed by atoms with E-state index in [4.69, 9.17) is 0 Å². The molecule has 0 aromatic carbocycles. The molecule has 1 aliphatic heterocycles. The molecule has 8 heteroatoms. The molecular weight excluding hydrogens is 360 g/mol. The number of nitrogens with zero attached hydrogens (tertiary/aromatic N) is 3. The molecule has 28 heavy (non-hydrogen) atoms. The fourth-order valence-electron chi connectivity index (χ4n) is 2.80. The Morgan fingerprint density at radius 3 is 2.36 bits per heavy atom. The molecule has 1 saturated heterocycles. The van der Waals surface area contributed by atoms with E-state index in [2.05, 4.69) is 22.1 Å². The van der Waals surface area contributed by atoms with E-state index in [1.165, 1.54) is 12.8 Å². The van der Waals surface area contributed by atoms with Crippen LogP contribution in [0.5, 0.6) is 0 Å². The summed E-state index contributed by atoms with van der Waals surface area (Å²) in [7, 11) is 1.71. The highest BCUT2D eigenvalue weighted by molar-refractivity contribution is 5.81. The molecule has 1 heterocycles. The lowest BCUT2D eigenvalue weighted by atomic mass is 10.1. The number of nitrogens with one attached hydrogen (secondary N) is 1. The van der Waals surface area contributed by atoms with E-state index < -0.39 is 17.5 Å². The second kappa shape index (κ2) is 11.5. The summed E-state index contributed by atoms with van der Waals surface area (Å²) in [4.78, 5) is 40.0. The molecule has 3 amide bonds. The molecule has 1 fully saturated rings. The zero-order chi connectivity index (χ0) is 21.2. The number of carbonyl (C=O) groups excluding carboxylic acids is 3. The van der Waals surface area contributed by atoms with Crippen LogP contribution in [-0.2, 0) is 9.59 Å². The number of carboxylic acid groups (broad SMARTS) is 1. The van der Waals surface area contributed by atoms with Gasteiger partial charge in [0.1, 0.15) is 6.09 Å². The molecule has 8 nitrogen and oxygen atoms in total. The van der Waals surface area contributed by atoms with Gasteiger partial charge in [-0.1, -0.05) is 11.8 Å². The number of hydrogen-bond donors (Lipinski definition) is 1. The Kier molecular flexibility index (Phi) is 9.80. The third-order valence-electron chi connectivity index (χ3n) is 4.59. The third-order valence-corrected chi connectivity index (χ3v) is 4.59. The summed E-state index contributed by atoms with van der Waals surface area (Å²) in [6.45, 7) is 8.46. The fourth-order valence-corrected chi connectivity index (χ4v) is 2.80. The van der Waals surface area contributed by atoms with E-state index in [0.717, 1.165) is 24.5 Å². The van der Waals surface area contributed by atoms with Crippen LogP contribution in [0.2, 0.25) is 0 Å². The second-order valence-electron chi connectivity index (χ2n) is 8.06. The van der Waals surface area contributed by atoms with Crippen molar-refractivity contribution in [3.63, 3.8) is 0 Å². The lowest BCUT2D eigenvalue weighted by Gasteiger charge is -2.37. The first-order valence-corrected chi connectivity index (χ1v) is 9.78. The van der Waals surface area contributed by atoms with Gasteiger partial charge in [0.15, 0.2) is 0 Å². The van der Waals surface area contributed by atoms with Gasteiger partial charge >= 0.3 is 0 Å². The van der Waals surface area contributed by atoms with E-state index in [1.807, 2.05) is 0 Å². The Balaban J connectivity index is 2.21. The van der Waals surface area contributed by atoms with Crippen LogP contribution in [-0.4, -0.2) is 84.5 Å². The Bertz CT molecular complexity index is 598. The molecule has 158 valence electrons. The molecule has 0 atom stereocenters. The molecule has 0 spiro atoms. The lowest BCUT2D eigenvalue weighted by molar-refractivity contribution is -0.270. The van der Waals surface area contributed by atoms with Crippen LogP contribution in [0.25, 0.3) is 0 Å². The first-order valence-electron chi connectivity index (χ1n) is 9.78. The molecule has 1 N–H and O–H groups in total. The fraction of sp³-hybridized carbons (Fsp3) is 0.750. The number of likely N-dealkylation sites (tertiary alicyclic amines) is 1. The standard InChI is InChI=1S/C20H34N4O4/c1-20(2,3)24(19(27)28)16-17(25)21-11-9-10-18(26)22(4)12-5-6-13-23-14-7-8-15-23/h7-16H2,1-4H3,(H,21,25)(H,27,28)/p-1. The molecule has 0 bridgehead atoms. The van der Waals surface area contributed by atoms with Crippen LogP contribution in [0.15, 0.2) is 0 Å². The second-order valence-corrected chi connectivity index (χ2v) is 8.06. The highest BCUT2D eigenvalue weighted by atomic mass is 16.4. The van der Waals surface area contributed by atoms with Crippen molar-refractivity contribution in [3.8, 4) is 11.8 Å². The summed E-state index contributed by atoms with van der Waals surface area (Å²) >= 11 is 0. The smallest absolute Gasteiger partial charge is 0.239 e. The predicted octanol–water partition coefficient (Wildman–Crippen LogP) is -0.116. The predicted molar refractivity (Wildman–Crippen MR) is 105 cm³/mol. The van der Waals surface area contributed by atoms with E-state index in [9.17, 15) is 19.5 Å². The monoisotopic (exact) mass is 393 g/mol. The first-order chi connectivity index (χ1) is 13.1.